The van der Waals surface area contributed by atoms with E-state index in [9.17, 15) is 4.79 Å². The lowest BCUT2D eigenvalue weighted by atomic mass is 10.2. The van der Waals surface area contributed by atoms with E-state index in [0.29, 0.717) is 24.7 Å². The first-order valence-corrected chi connectivity index (χ1v) is 9.00. The summed E-state index contributed by atoms with van der Waals surface area (Å²) >= 11 is 0. The zero-order valence-corrected chi connectivity index (χ0v) is 15.3. The van der Waals surface area contributed by atoms with Crippen molar-refractivity contribution in [3.8, 4) is 17.1 Å². The first kappa shape index (κ1) is 17.7. The van der Waals surface area contributed by atoms with E-state index in [4.69, 9.17) is 9.26 Å². The highest BCUT2D eigenvalue weighted by Gasteiger charge is 2.12. The molecule has 0 fully saturated rings. The average molecular weight is 377 g/mol. The van der Waals surface area contributed by atoms with Gasteiger partial charge in [-0.3, -0.25) is 10.2 Å². The molecule has 0 radical (unpaired) electrons. The van der Waals surface area contributed by atoms with Crippen LogP contribution < -0.4 is 10.2 Å². The molecule has 0 aliphatic rings. The van der Waals surface area contributed by atoms with Crippen molar-refractivity contribution in [3.63, 3.8) is 0 Å². The van der Waals surface area contributed by atoms with Crippen molar-refractivity contribution in [2.45, 2.75) is 19.8 Å². The summed E-state index contributed by atoms with van der Waals surface area (Å²) in [4.78, 5) is 20.8. The molecule has 2 aromatic heterocycles. The van der Waals surface area contributed by atoms with Gasteiger partial charge in [-0.05, 0) is 43.3 Å². The fourth-order valence-electron chi connectivity index (χ4n) is 2.80. The Bertz CT molecular complexity index is 1080. The van der Waals surface area contributed by atoms with Gasteiger partial charge in [0.25, 0.3) is 0 Å². The number of hydrogen-bond donors (Lipinski definition) is 1. The van der Waals surface area contributed by atoms with Crippen LogP contribution in [0.1, 0.15) is 19.2 Å². The molecule has 0 spiro atoms. The lowest BCUT2D eigenvalue weighted by Crippen LogP contribution is -2.22. The number of nitrogens with zero attached hydrogens (tertiary/aromatic N) is 4. The highest BCUT2D eigenvalue weighted by molar-refractivity contribution is 5.86. The highest BCUT2D eigenvalue weighted by atomic mass is 16.5. The average Bonchev–Trinajstić information content (AvgIpc) is 3.35. The van der Waals surface area contributed by atoms with Gasteiger partial charge in [0.15, 0.2) is 0 Å². The smallest absolute Gasteiger partial charge is 0.239 e. The molecule has 0 atom stereocenters. The molecule has 28 heavy (non-hydrogen) atoms. The number of carbonyl (C=O) groups is 1. The Hall–Kier alpha value is -3.68. The molecule has 0 saturated heterocycles. The zero-order valence-electron chi connectivity index (χ0n) is 15.3. The van der Waals surface area contributed by atoms with E-state index in [0.717, 1.165) is 22.3 Å². The van der Waals surface area contributed by atoms with E-state index in [2.05, 4.69) is 20.6 Å². The predicted molar refractivity (Wildman–Crippen MR) is 103 cm³/mol. The molecule has 142 valence electrons. The molecule has 0 saturated carbocycles. The first-order valence-electron chi connectivity index (χ1n) is 9.00. The molecular weight excluding hydrogens is 358 g/mol. The van der Waals surface area contributed by atoms with Crippen LogP contribution in [-0.4, -0.2) is 32.3 Å². The van der Waals surface area contributed by atoms with Gasteiger partial charge in [0.1, 0.15) is 12.1 Å². The van der Waals surface area contributed by atoms with Crippen LogP contribution in [0.25, 0.3) is 22.4 Å². The minimum Gasteiger partial charge on any atom is -0.494 e. The zero-order chi connectivity index (χ0) is 19.3. The van der Waals surface area contributed by atoms with Gasteiger partial charge in [0, 0.05) is 18.4 Å². The molecule has 2 heterocycles. The van der Waals surface area contributed by atoms with Gasteiger partial charge in [0.05, 0.1) is 17.6 Å². The number of aryl methyl sites for hydroxylation is 1. The van der Waals surface area contributed by atoms with Gasteiger partial charge < -0.3 is 9.26 Å². The molecule has 4 aromatic rings. The number of rotatable bonds is 7. The van der Waals surface area contributed by atoms with Crippen LogP contribution in [0.2, 0.25) is 0 Å². The van der Waals surface area contributed by atoms with E-state index in [1.807, 2.05) is 55.5 Å². The number of ether oxygens (including phenoxy) is 1. The van der Waals surface area contributed by atoms with E-state index < -0.39 is 0 Å². The van der Waals surface area contributed by atoms with E-state index >= 15 is 0 Å². The number of nitrogens with one attached hydrogen (secondary N) is 1. The Morgan fingerprint density at radius 3 is 2.82 bits per heavy atom. The van der Waals surface area contributed by atoms with Crippen LogP contribution in [0, 0.1) is 0 Å². The van der Waals surface area contributed by atoms with Crippen LogP contribution in [0.3, 0.4) is 0 Å². The van der Waals surface area contributed by atoms with Crippen molar-refractivity contribution >= 4 is 16.9 Å². The van der Waals surface area contributed by atoms with Gasteiger partial charge in [0.2, 0.25) is 17.6 Å². The van der Waals surface area contributed by atoms with Crippen molar-refractivity contribution in [1.82, 2.24) is 19.8 Å². The number of carbonyl (C=O) groups excluding carboxylic acids is 1. The van der Waals surface area contributed by atoms with Crippen molar-refractivity contribution in [2.75, 3.05) is 12.0 Å². The Labute approximate surface area is 161 Å². The molecular formula is C20H19N5O3. The maximum atomic E-state index is 12.2. The third-order valence-electron chi connectivity index (χ3n) is 4.16. The van der Waals surface area contributed by atoms with Crippen molar-refractivity contribution in [1.29, 1.82) is 0 Å². The van der Waals surface area contributed by atoms with Gasteiger partial charge in [-0.15, -0.1) is 0 Å². The summed E-state index contributed by atoms with van der Waals surface area (Å²) in [6.45, 7) is 2.55. The monoisotopic (exact) mass is 377 g/mol. The van der Waals surface area contributed by atoms with Gasteiger partial charge in [-0.25, -0.2) is 9.66 Å². The van der Waals surface area contributed by atoms with Crippen molar-refractivity contribution in [3.05, 3.63) is 60.7 Å². The van der Waals surface area contributed by atoms with Crippen molar-refractivity contribution < 1.29 is 14.1 Å². The second kappa shape index (κ2) is 7.91. The summed E-state index contributed by atoms with van der Waals surface area (Å²) in [5.74, 6) is 1.52. The van der Waals surface area contributed by atoms with E-state index in [1.165, 1.54) is 0 Å². The van der Waals surface area contributed by atoms with Crippen LogP contribution in [0.15, 0.2) is 59.4 Å². The fourth-order valence-corrected chi connectivity index (χ4v) is 2.80. The van der Waals surface area contributed by atoms with Gasteiger partial charge in [-0.1, -0.05) is 17.3 Å². The van der Waals surface area contributed by atoms with Crippen LogP contribution in [0.4, 0.5) is 0 Å². The minimum atomic E-state index is -0.163. The number of aromatic nitrogens is 4. The summed E-state index contributed by atoms with van der Waals surface area (Å²) in [5, 5.41) is 3.98. The number of imidazole rings is 1. The van der Waals surface area contributed by atoms with Crippen LogP contribution >= 0.6 is 0 Å². The lowest BCUT2D eigenvalue weighted by Gasteiger charge is -2.05. The summed E-state index contributed by atoms with van der Waals surface area (Å²) < 4.78 is 12.3. The normalized spacial score (nSPS) is 10.9. The molecule has 0 bridgehead atoms. The number of hydrogen-bond acceptors (Lipinski definition) is 6. The molecule has 0 aliphatic carbocycles. The van der Waals surface area contributed by atoms with E-state index in [1.54, 1.807) is 11.0 Å². The van der Waals surface area contributed by atoms with Gasteiger partial charge >= 0.3 is 0 Å². The molecule has 2 aromatic carbocycles. The number of para-hydroxylation sites is 2. The SMILES string of the molecule is CCOc1ccc(-c2noc(CCC(=O)Nn3cnc4ccccc43)n2)cc1. The summed E-state index contributed by atoms with van der Waals surface area (Å²) in [5.41, 5.74) is 5.29. The third-order valence-corrected chi connectivity index (χ3v) is 4.16. The number of fused-ring (bicyclic) bond motifs is 1. The molecule has 1 N–H and O–H groups in total. The topological polar surface area (TPSA) is 95.1 Å². The maximum absolute atomic E-state index is 12.2. The number of amides is 1. The fraction of sp³-hybridized carbons (Fsp3) is 0.200. The standard InChI is InChI=1S/C20H19N5O3/c1-2-27-15-9-7-14(8-10-15)20-22-19(28-24-20)12-11-18(26)23-25-13-21-16-5-3-4-6-17(16)25/h3-10,13H,2,11-12H2,1H3,(H,23,26). The Balaban J connectivity index is 1.35. The van der Waals surface area contributed by atoms with Crippen molar-refractivity contribution in [2.24, 2.45) is 0 Å². The molecule has 0 unspecified atom stereocenters. The third kappa shape index (κ3) is 3.85. The second-order valence-corrected chi connectivity index (χ2v) is 6.11. The predicted octanol–water partition coefficient (Wildman–Crippen LogP) is 3.19. The molecule has 8 nitrogen and oxygen atoms in total. The Morgan fingerprint density at radius 2 is 2.00 bits per heavy atom. The van der Waals surface area contributed by atoms with Crippen LogP contribution in [0.5, 0.6) is 5.75 Å². The quantitative estimate of drug-likeness (QED) is 0.531. The molecule has 1 amide bonds. The lowest BCUT2D eigenvalue weighted by molar-refractivity contribution is -0.117. The minimum absolute atomic E-state index is 0.163. The largest absolute Gasteiger partial charge is 0.494 e. The van der Waals surface area contributed by atoms with E-state index in [-0.39, 0.29) is 12.3 Å². The number of benzene rings is 2. The maximum Gasteiger partial charge on any atom is 0.239 e. The Kier molecular flexibility index (Phi) is 5.01. The summed E-state index contributed by atoms with van der Waals surface area (Å²) in [6.07, 6.45) is 2.15. The second-order valence-electron chi connectivity index (χ2n) is 6.11. The van der Waals surface area contributed by atoms with Crippen LogP contribution in [-0.2, 0) is 11.2 Å². The highest BCUT2D eigenvalue weighted by Crippen LogP contribution is 2.20. The first-order chi connectivity index (χ1) is 13.7. The summed E-state index contributed by atoms with van der Waals surface area (Å²) in [6, 6.07) is 15.0. The summed E-state index contributed by atoms with van der Waals surface area (Å²) in [7, 11) is 0. The Morgan fingerprint density at radius 1 is 1.18 bits per heavy atom. The van der Waals surface area contributed by atoms with Gasteiger partial charge in [-0.2, -0.15) is 4.98 Å². The molecule has 8 heteroatoms. The molecule has 4 rings (SSSR count). The molecule has 0 aliphatic heterocycles.